The summed E-state index contributed by atoms with van der Waals surface area (Å²) in [7, 11) is 3.18. The molecule has 0 bridgehead atoms. The number of amides is 2. The summed E-state index contributed by atoms with van der Waals surface area (Å²) in [6.45, 7) is 6.98. The first-order valence-electron chi connectivity index (χ1n) is 15.1. The van der Waals surface area contributed by atoms with Crippen molar-refractivity contribution >= 4 is 35.0 Å². The maximum atomic E-state index is 14.3. The van der Waals surface area contributed by atoms with Crippen molar-refractivity contribution in [1.82, 2.24) is 14.9 Å². The number of benzene rings is 3. The molecule has 2 heterocycles. The van der Waals surface area contributed by atoms with Gasteiger partial charge in [-0.25, -0.2) is 9.97 Å². The molecule has 11 heteroatoms. The van der Waals surface area contributed by atoms with E-state index in [0.717, 1.165) is 35.7 Å². The van der Waals surface area contributed by atoms with Crippen molar-refractivity contribution in [2.45, 2.75) is 31.6 Å². The van der Waals surface area contributed by atoms with E-state index < -0.39 is 6.04 Å². The summed E-state index contributed by atoms with van der Waals surface area (Å²) in [5, 5.41) is 3.58. The first kappa shape index (κ1) is 32.8. The molecule has 1 saturated heterocycles. The molecule has 0 saturated carbocycles. The topological polar surface area (TPSA) is 106 Å². The summed E-state index contributed by atoms with van der Waals surface area (Å²) in [5.41, 5.74) is 4.81. The second-order valence-electron chi connectivity index (χ2n) is 10.9. The van der Waals surface area contributed by atoms with Crippen LogP contribution in [0.4, 0.5) is 11.4 Å². The number of nitrogens with one attached hydrogen (secondary N) is 1. The van der Waals surface area contributed by atoms with Crippen molar-refractivity contribution in [2.24, 2.45) is 0 Å². The van der Waals surface area contributed by atoms with Gasteiger partial charge in [-0.3, -0.25) is 9.59 Å². The van der Waals surface area contributed by atoms with E-state index in [4.69, 9.17) is 14.2 Å². The molecule has 4 aromatic rings. The molecule has 240 valence electrons. The van der Waals surface area contributed by atoms with Crippen molar-refractivity contribution in [2.75, 3.05) is 56.5 Å². The first-order chi connectivity index (χ1) is 22.3. The highest BCUT2D eigenvalue weighted by Gasteiger charge is 2.32. The third kappa shape index (κ3) is 8.55. The zero-order valence-corrected chi connectivity index (χ0v) is 27.4. The predicted molar refractivity (Wildman–Crippen MR) is 180 cm³/mol. The van der Waals surface area contributed by atoms with Crippen LogP contribution < -0.4 is 19.7 Å². The van der Waals surface area contributed by atoms with Gasteiger partial charge in [0.2, 0.25) is 5.91 Å². The molecule has 0 spiro atoms. The van der Waals surface area contributed by atoms with Crippen LogP contribution in [-0.2, 0) is 20.9 Å². The highest BCUT2D eigenvalue weighted by molar-refractivity contribution is 7.99. The van der Waals surface area contributed by atoms with Gasteiger partial charge in [0, 0.05) is 42.4 Å². The van der Waals surface area contributed by atoms with Crippen LogP contribution >= 0.6 is 11.8 Å². The van der Waals surface area contributed by atoms with E-state index in [1.54, 1.807) is 25.2 Å². The Labute approximate surface area is 274 Å². The number of thioether (sulfide) groups is 1. The summed E-state index contributed by atoms with van der Waals surface area (Å²) < 4.78 is 16.3. The molecule has 0 radical (unpaired) electrons. The highest BCUT2D eigenvalue weighted by Crippen LogP contribution is 2.30. The molecule has 1 aliphatic rings. The Morgan fingerprint density at radius 2 is 1.59 bits per heavy atom. The maximum absolute atomic E-state index is 14.3. The molecule has 5 rings (SSSR count). The van der Waals surface area contributed by atoms with Crippen LogP contribution in [-0.4, -0.2) is 73.0 Å². The molecule has 1 aromatic heterocycles. The average Bonchev–Trinajstić information content (AvgIpc) is 3.07. The Kier molecular flexibility index (Phi) is 11.1. The lowest BCUT2D eigenvalue weighted by molar-refractivity contribution is -0.137. The number of hydrogen-bond acceptors (Lipinski definition) is 9. The lowest BCUT2D eigenvalue weighted by Gasteiger charge is -2.32. The molecule has 1 aliphatic heterocycles. The Hall–Kier alpha value is -4.61. The fourth-order valence-electron chi connectivity index (χ4n) is 5.29. The third-order valence-electron chi connectivity index (χ3n) is 7.60. The zero-order chi connectivity index (χ0) is 32.5. The normalized spacial score (nSPS) is 13.5. The van der Waals surface area contributed by atoms with E-state index in [0.29, 0.717) is 41.1 Å². The summed E-state index contributed by atoms with van der Waals surface area (Å²) >= 11 is 1.25. The number of ether oxygens (including phenoxy) is 3. The molecule has 1 unspecified atom stereocenters. The minimum absolute atomic E-state index is 0.0427. The van der Waals surface area contributed by atoms with Crippen LogP contribution in [0.1, 0.15) is 28.6 Å². The molecular weight excluding hydrogens is 602 g/mol. The van der Waals surface area contributed by atoms with E-state index in [1.165, 1.54) is 11.8 Å². The van der Waals surface area contributed by atoms with Crippen LogP contribution in [0, 0.1) is 13.8 Å². The molecule has 10 nitrogen and oxygen atoms in total. The number of nitrogens with zero attached hydrogens (tertiary/aromatic N) is 4. The van der Waals surface area contributed by atoms with E-state index in [9.17, 15) is 9.59 Å². The third-order valence-corrected chi connectivity index (χ3v) is 8.43. The van der Waals surface area contributed by atoms with Gasteiger partial charge in [-0.2, -0.15) is 0 Å². The van der Waals surface area contributed by atoms with Gasteiger partial charge in [-0.15, -0.1) is 0 Å². The summed E-state index contributed by atoms with van der Waals surface area (Å²) in [6.07, 6.45) is 0. The molecule has 1 N–H and O–H groups in total. The number of hydrogen-bond donors (Lipinski definition) is 1. The van der Waals surface area contributed by atoms with Gasteiger partial charge in [-0.05, 0) is 79.6 Å². The number of aromatic nitrogens is 2. The fourth-order valence-corrected chi connectivity index (χ4v) is 6.13. The first-order valence-corrected chi connectivity index (χ1v) is 16.1. The largest absolute Gasteiger partial charge is 0.497 e. The molecular formula is C35H39N5O5S. The lowest BCUT2D eigenvalue weighted by atomic mass is 10.0. The van der Waals surface area contributed by atoms with Crippen LogP contribution in [0.2, 0.25) is 0 Å². The highest BCUT2D eigenvalue weighted by atomic mass is 32.2. The van der Waals surface area contributed by atoms with Gasteiger partial charge in [-0.1, -0.05) is 36.0 Å². The van der Waals surface area contributed by atoms with Crippen molar-refractivity contribution in [1.29, 1.82) is 0 Å². The van der Waals surface area contributed by atoms with Crippen LogP contribution in [0.15, 0.2) is 84.0 Å². The molecule has 1 atom stereocenters. The van der Waals surface area contributed by atoms with E-state index in [2.05, 4.69) is 20.2 Å². The number of rotatable bonds is 12. The SMILES string of the molecule is COc1ccc(CN(C(=O)CSc2nc(C)cc(C)n2)C(C(=O)Nc2ccc(N3CCOCC3)cc2)c2cccc(OC)c2)cc1. The number of anilines is 2. The monoisotopic (exact) mass is 641 g/mol. The Balaban J connectivity index is 1.46. The van der Waals surface area contributed by atoms with Crippen molar-refractivity contribution in [3.05, 3.63) is 101 Å². The number of carbonyl (C=O) groups is 2. The minimum atomic E-state index is -0.968. The van der Waals surface area contributed by atoms with Gasteiger partial charge in [0.1, 0.15) is 17.5 Å². The molecule has 3 aromatic carbocycles. The van der Waals surface area contributed by atoms with Gasteiger partial charge in [0.05, 0.1) is 33.2 Å². The van der Waals surface area contributed by atoms with Crippen LogP contribution in [0.25, 0.3) is 0 Å². The number of methoxy groups -OCH3 is 2. The minimum Gasteiger partial charge on any atom is -0.497 e. The Morgan fingerprint density at radius 3 is 2.24 bits per heavy atom. The standard InChI is InChI=1S/C35H39N5O5S/c1-24-20-25(2)37-35(36-24)46-23-32(41)40(22-26-8-14-30(43-3)15-9-26)33(27-6-5-7-31(21-27)44-4)34(42)38-28-10-12-29(13-11-28)39-16-18-45-19-17-39/h5-15,20-21,33H,16-19,22-23H2,1-4H3,(H,38,42). The lowest BCUT2D eigenvalue weighted by Crippen LogP contribution is -2.41. The van der Waals surface area contributed by atoms with Crippen molar-refractivity contribution < 1.29 is 23.8 Å². The molecule has 1 fully saturated rings. The summed E-state index contributed by atoms with van der Waals surface area (Å²) in [4.78, 5) is 41.3. The fraction of sp³-hybridized carbons (Fsp3) is 0.314. The summed E-state index contributed by atoms with van der Waals surface area (Å²) in [5.74, 6) is 0.740. The maximum Gasteiger partial charge on any atom is 0.251 e. The van der Waals surface area contributed by atoms with Crippen LogP contribution in [0.3, 0.4) is 0 Å². The second-order valence-corrected chi connectivity index (χ2v) is 11.8. The molecule has 46 heavy (non-hydrogen) atoms. The molecule has 2 amide bonds. The summed E-state index contributed by atoms with van der Waals surface area (Å²) in [6, 6.07) is 23.4. The zero-order valence-electron chi connectivity index (χ0n) is 26.6. The number of aryl methyl sites for hydroxylation is 2. The molecule has 0 aliphatic carbocycles. The average molecular weight is 642 g/mol. The Morgan fingerprint density at radius 1 is 0.913 bits per heavy atom. The predicted octanol–water partition coefficient (Wildman–Crippen LogP) is 5.45. The number of carbonyl (C=O) groups excluding carboxylic acids is 2. The van der Waals surface area contributed by atoms with Gasteiger partial charge < -0.3 is 29.3 Å². The van der Waals surface area contributed by atoms with Gasteiger partial charge in [0.25, 0.3) is 5.91 Å². The van der Waals surface area contributed by atoms with E-state index in [-0.39, 0.29) is 24.1 Å². The van der Waals surface area contributed by atoms with Crippen molar-refractivity contribution in [3.8, 4) is 11.5 Å². The van der Waals surface area contributed by atoms with Crippen LogP contribution in [0.5, 0.6) is 11.5 Å². The van der Waals surface area contributed by atoms with E-state index >= 15 is 0 Å². The van der Waals surface area contributed by atoms with Gasteiger partial charge in [0.15, 0.2) is 5.16 Å². The Bertz CT molecular complexity index is 1610. The van der Waals surface area contributed by atoms with Gasteiger partial charge >= 0.3 is 0 Å². The second kappa shape index (κ2) is 15.6. The quantitative estimate of drug-likeness (QED) is 0.160. The van der Waals surface area contributed by atoms with E-state index in [1.807, 2.05) is 86.6 Å². The number of morpholine rings is 1. The smallest absolute Gasteiger partial charge is 0.251 e. The van der Waals surface area contributed by atoms with Crippen molar-refractivity contribution in [3.63, 3.8) is 0 Å².